The Hall–Kier alpha value is -3.27. The van der Waals surface area contributed by atoms with Crippen LogP contribution in [0.25, 0.3) is 10.9 Å². The van der Waals surface area contributed by atoms with Crippen molar-refractivity contribution in [1.29, 1.82) is 0 Å². The van der Waals surface area contributed by atoms with Gasteiger partial charge in [-0.25, -0.2) is 19.9 Å². The Morgan fingerprint density at radius 3 is 2.86 bits per heavy atom. The number of rotatable bonds is 7. The van der Waals surface area contributed by atoms with Crippen LogP contribution in [0.3, 0.4) is 0 Å². The van der Waals surface area contributed by atoms with E-state index < -0.39 is 0 Å². The van der Waals surface area contributed by atoms with Crippen molar-refractivity contribution < 1.29 is 9.47 Å². The van der Waals surface area contributed by atoms with Gasteiger partial charge in [-0.3, -0.25) is 0 Å². The van der Waals surface area contributed by atoms with E-state index in [1.54, 1.807) is 23.9 Å². The summed E-state index contributed by atoms with van der Waals surface area (Å²) in [6, 6.07) is 11.8. The molecule has 0 radical (unpaired) electrons. The largest absolute Gasteiger partial charge is 0.485 e. The fourth-order valence-corrected chi connectivity index (χ4v) is 5.33. The third-order valence-corrected chi connectivity index (χ3v) is 7.54. The van der Waals surface area contributed by atoms with Crippen molar-refractivity contribution in [3.05, 3.63) is 69.9 Å². The number of ether oxygens (including phenoxy) is 2. The number of aromatic nitrogens is 3. The van der Waals surface area contributed by atoms with Gasteiger partial charge in [0.25, 0.3) is 0 Å². The summed E-state index contributed by atoms with van der Waals surface area (Å²) in [6.45, 7) is 3.05. The summed E-state index contributed by atoms with van der Waals surface area (Å²) in [6.07, 6.45) is 6.01. The lowest BCUT2D eigenvalue weighted by Crippen LogP contribution is -2.41. The van der Waals surface area contributed by atoms with Gasteiger partial charge in [0.15, 0.2) is 5.90 Å². The Kier molecular flexibility index (Phi) is 6.43. The summed E-state index contributed by atoms with van der Waals surface area (Å²) in [5, 5.41) is 11.0. The number of fused-ring (bicyclic) bond motifs is 1. The predicted molar refractivity (Wildman–Crippen MR) is 143 cm³/mol. The van der Waals surface area contributed by atoms with Crippen molar-refractivity contribution in [2.24, 2.45) is 4.99 Å². The normalized spacial score (nSPS) is 16.6. The van der Waals surface area contributed by atoms with Crippen LogP contribution in [-0.2, 0) is 17.8 Å². The van der Waals surface area contributed by atoms with Gasteiger partial charge in [-0.15, -0.1) is 11.3 Å². The minimum absolute atomic E-state index is 0.0529. The molecule has 2 aromatic heterocycles. The summed E-state index contributed by atoms with van der Waals surface area (Å²) in [5.74, 6) is 2.12. The zero-order valence-corrected chi connectivity index (χ0v) is 21.1. The zero-order chi connectivity index (χ0) is 24.4. The van der Waals surface area contributed by atoms with E-state index in [1.165, 1.54) is 0 Å². The molecule has 1 saturated heterocycles. The quantitative estimate of drug-likeness (QED) is 0.348. The second kappa shape index (κ2) is 10.0. The van der Waals surface area contributed by atoms with Crippen LogP contribution in [0, 0.1) is 0 Å². The molecule has 4 aromatic rings. The van der Waals surface area contributed by atoms with Crippen molar-refractivity contribution in [3.8, 4) is 5.75 Å². The van der Waals surface area contributed by atoms with E-state index in [0.29, 0.717) is 36.2 Å². The highest BCUT2D eigenvalue weighted by molar-refractivity contribution is 7.09. The van der Waals surface area contributed by atoms with Crippen molar-refractivity contribution >= 4 is 51.2 Å². The molecule has 0 aliphatic carbocycles. The van der Waals surface area contributed by atoms with Gasteiger partial charge in [0.1, 0.15) is 41.7 Å². The number of halogens is 1. The van der Waals surface area contributed by atoms with E-state index in [-0.39, 0.29) is 5.54 Å². The minimum atomic E-state index is -0.0529. The molecule has 36 heavy (non-hydrogen) atoms. The molecule has 184 valence electrons. The average Bonchev–Trinajstić information content (AvgIpc) is 3.55. The fourth-order valence-electron chi connectivity index (χ4n) is 4.57. The van der Waals surface area contributed by atoms with E-state index in [9.17, 15) is 0 Å². The highest BCUT2D eigenvalue weighted by Gasteiger charge is 2.37. The van der Waals surface area contributed by atoms with Crippen LogP contribution in [-0.4, -0.2) is 46.1 Å². The SMILES string of the molecule is Clc1cc(Nc2ncnc3ccc(CC4=NC5(CCNCC5)CO4)cc23)ccc1OCc1nccs1. The maximum absolute atomic E-state index is 6.49. The van der Waals surface area contributed by atoms with Crippen LogP contribution in [0.5, 0.6) is 5.75 Å². The molecule has 0 unspecified atom stereocenters. The fraction of sp³-hybridized carbons (Fsp3) is 0.308. The monoisotopic (exact) mass is 520 g/mol. The number of nitrogens with zero attached hydrogens (tertiary/aromatic N) is 4. The minimum Gasteiger partial charge on any atom is -0.485 e. The molecule has 0 saturated carbocycles. The van der Waals surface area contributed by atoms with Gasteiger partial charge >= 0.3 is 0 Å². The maximum Gasteiger partial charge on any atom is 0.188 e. The van der Waals surface area contributed by atoms with Crippen LogP contribution in [0.2, 0.25) is 5.02 Å². The first-order valence-electron chi connectivity index (χ1n) is 11.9. The molecular formula is C26H25ClN6O2S. The predicted octanol–water partition coefficient (Wildman–Crippen LogP) is 5.16. The third-order valence-electron chi connectivity index (χ3n) is 6.49. The van der Waals surface area contributed by atoms with Crippen LogP contribution < -0.4 is 15.4 Å². The summed E-state index contributed by atoms with van der Waals surface area (Å²) in [5.41, 5.74) is 2.72. The first kappa shape index (κ1) is 23.1. The Morgan fingerprint density at radius 1 is 1.11 bits per heavy atom. The van der Waals surface area contributed by atoms with Gasteiger partial charge in [0.05, 0.1) is 10.5 Å². The van der Waals surface area contributed by atoms with Crippen molar-refractivity contribution in [1.82, 2.24) is 20.3 Å². The summed E-state index contributed by atoms with van der Waals surface area (Å²) >= 11 is 8.04. The maximum atomic E-state index is 6.49. The van der Waals surface area contributed by atoms with Gasteiger partial charge in [0, 0.05) is 29.1 Å². The van der Waals surface area contributed by atoms with E-state index >= 15 is 0 Å². The number of benzene rings is 2. The molecule has 1 fully saturated rings. The van der Waals surface area contributed by atoms with Gasteiger partial charge in [0.2, 0.25) is 0 Å². The Balaban J connectivity index is 1.19. The smallest absolute Gasteiger partial charge is 0.188 e. The van der Waals surface area contributed by atoms with Gasteiger partial charge in [-0.2, -0.15) is 0 Å². The number of hydrogen-bond acceptors (Lipinski definition) is 9. The molecule has 0 amide bonds. The first-order chi connectivity index (χ1) is 17.7. The number of piperidine rings is 1. The summed E-state index contributed by atoms with van der Waals surface area (Å²) in [4.78, 5) is 18.1. The molecule has 2 aromatic carbocycles. The zero-order valence-electron chi connectivity index (χ0n) is 19.5. The second-order valence-electron chi connectivity index (χ2n) is 9.00. The molecule has 2 aliphatic heterocycles. The summed E-state index contributed by atoms with van der Waals surface area (Å²) in [7, 11) is 0. The number of nitrogens with one attached hydrogen (secondary N) is 2. The Bertz CT molecular complexity index is 1410. The molecule has 10 heteroatoms. The molecule has 0 atom stereocenters. The summed E-state index contributed by atoms with van der Waals surface area (Å²) < 4.78 is 11.8. The standard InChI is InChI=1S/C26H25ClN6O2S/c27-20-13-18(2-4-22(20)34-14-24-29-9-10-36-24)32-25-19-11-17(1-3-21(19)30-16-31-25)12-23-33-26(15-35-23)5-7-28-8-6-26/h1-4,9-11,13,16,28H,5-8,12,14-15H2,(H,30,31,32). The molecule has 2 aliphatic rings. The molecule has 0 bridgehead atoms. The van der Waals surface area contributed by atoms with Crippen LogP contribution >= 0.6 is 22.9 Å². The van der Waals surface area contributed by atoms with Gasteiger partial charge < -0.3 is 20.1 Å². The third kappa shape index (κ3) is 5.00. The average molecular weight is 521 g/mol. The van der Waals surface area contributed by atoms with Crippen LogP contribution in [0.1, 0.15) is 23.4 Å². The number of anilines is 2. The molecular weight excluding hydrogens is 496 g/mol. The second-order valence-corrected chi connectivity index (χ2v) is 10.4. The molecule has 4 heterocycles. The van der Waals surface area contributed by atoms with Crippen molar-refractivity contribution in [2.45, 2.75) is 31.4 Å². The van der Waals surface area contributed by atoms with E-state index in [2.05, 4.69) is 37.7 Å². The highest BCUT2D eigenvalue weighted by atomic mass is 35.5. The Labute approximate surface area is 217 Å². The van der Waals surface area contributed by atoms with E-state index in [0.717, 1.165) is 59.0 Å². The molecule has 8 nitrogen and oxygen atoms in total. The van der Waals surface area contributed by atoms with Crippen LogP contribution in [0.15, 0.2) is 59.3 Å². The van der Waals surface area contributed by atoms with Crippen molar-refractivity contribution in [3.63, 3.8) is 0 Å². The molecule has 1 spiro atoms. The lowest BCUT2D eigenvalue weighted by molar-refractivity contribution is 0.213. The van der Waals surface area contributed by atoms with E-state index in [1.807, 2.05) is 29.6 Å². The van der Waals surface area contributed by atoms with Crippen LogP contribution in [0.4, 0.5) is 11.5 Å². The highest BCUT2D eigenvalue weighted by Crippen LogP contribution is 2.32. The molecule has 2 N–H and O–H groups in total. The molecule has 6 rings (SSSR count). The topological polar surface area (TPSA) is 93.6 Å². The lowest BCUT2D eigenvalue weighted by atomic mass is 9.90. The first-order valence-corrected chi connectivity index (χ1v) is 13.2. The van der Waals surface area contributed by atoms with Gasteiger partial charge in [-0.1, -0.05) is 17.7 Å². The number of hydrogen-bond donors (Lipinski definition) is 2. The number of thiazole rings is 1. The lowest BCUT2D eigenvalue weighted by Gasteiger charge is -2.28. The number of aliphatic imine (C=N–C) groups is 1. The van der Waals surface area contributed by atoms with Crippen molar-refractivity contribution in [2.75, 3.05) is 25.0 Å². The Morgan fingerprint density at radius 2 is 2.03 bits per heavy atom. The van der Waals surface area contributed by atoms with E-state index in [4.69, 9.17) is 26.1 Å². The van der Waals surface area contributed by atoms with Gasteiger partial charge in [-0.05, 0) is 61.8 Å².